The fourth-order valence-corrected chi connectivity index (χ4v) is 4.82. The number of carbonyl (C=O) groups excluding carboxylic acids is 1. The van der Waals surface area contributed by atoms with Crippen molar-refractivity contribution in [2.45, 2.75) is 17.9 Å². The number of hydrogen-bond acceptors (Lipinski definition) is 6. The van der Waals surface area contributed by atoms with Crippen LogP contribution in [0.25, 0.3) is 0 Å². The van der Waals surface area contributed by atoms with Gasteiger partial charge in [0, 0.05) is 22.2 Å². The molecule has 2 aromatic carbocycles. The summed E-state index contributed by atoms with van der Waals surface area (Å²) in [7, 11) is -3.86. The topological polar surface area (TPSA) is 93.7 Å². The van der Waals surface area contributed by atoms with E-state index in [-0.39, 0.29) is 16.8 Å². The van der Waals surface area contributed by atoms with Crippen LogP contribution in [0.15, 0.2) is 64.9 Å². The fraction of sp³-hybridized carbons (Fsp3) is 0.190. The van der Waals surface area contributed by atoms with Crippen LogP contribution in [0.2, 0.25) is 0 Å². The first-order chi connectivity index (χ1) is 14.4. The number of amides is 1. The number of sulfonamides is 1. The van der Waals surface area contributed by atoms with Gasteiger partial charge in [-0.1, -0.05) is 12.1 Å². The van der Waals surface area contributed by atoms with Crippen molar-refractivity contribution < 1.29 is 22.7 Å². The molecule has 0 radical (unpaired) electrons. The number of hydrogen-bond donors (Lipinski definition) is 2. The van der Waals surface area contributed by atoms with Crippen molar-refractivity contribution in [3.8, 4) is 11.5 Å². The number of thiophene rings is 1. The lowest BCUT2D eigenvalue weighted by Crippen LogP contribution is -2.26. The zero-order valence-electron chi connectivity index (χ0n) is 16.1. The van der Waals surface area contributed by atoms with Crippen LogP contribution >= 0.6 is 11.3 Å². The quantitative estimate of drug-likeness (QED) is 0.603. The predicted octanol–water partition coefficient (Wildman–Crippen LogP) is 3.81. The van der Waals surface area contributed by atoms with Gasteiger partial charge in [0.25, 0.3) is 15.9 Å². The van der Waals surface area contributed by atoms with Gasteiger partial charge < -0.3 is 14.8 Å². The van der Waals surface area contributed by atoms with Crippen LogP contribution in [-0.2, 0) is 10.0 Å². The van der Waals surface area contributed by atoms with Crippen molar-refractivity contribution in [1.29, 1.82) is 0 Å². The Bertz CT molecular complexity index is 1160. The number of benzene rings is 2. The van der Waals surface area contributed by atoms with Crippen LogP contribution in [0.4, 0.5) is 5.69 Å². The number of ether oxygens (including phenoxy) is 2. The lowest BCUT2D eigenvalue weighted by Gasteiger charge is -2.19. The van der Waals surface area contributed by atoms with E-state index in [4.69, 9.17) is 9.47 Å². The van der Waals surface area contributed by atoms with Gasteiger partial charge in [0.15, 0.2) is 11.5 Å². The molecule has 1 aliphatic heterocycles. The van der Waals surface area contributed by atoms with Gasteiger partial charge in [-0.2, -0.15) is 0 Å². The van der Waals surface area contributed by atoms with E-state index in [9.17, 15) is 13.2 Å². The van der Waals surface area contributed by atoms with Crippen molar-refractivity contribution >= 4 is 33.0 Å². The second-order valence-electron chi connectivity index (χ2n) is 6.70. The van der Waals surface area contributed by atoms with E-state index in [2.05, 4.69) is 10.0 Å². The summed E-state index contributed by atoms with van der Waals surface area (Å²) >= 11 is 1.56. The Morgan fingerprint density at radius 3 is 2.60 bits per heavy atom. The molecule has 0 aliphatic carbocycles. The molecule has 30 heavy (non-hydrogen) atoms. The Kier molecular flexibility index (Phi) is 5.65. The van der Waals surface area contributed by atoms with Crippen molar-refractivity contribution in [2.75, 3.05) is 17.9 Å². The highest BCUT2D eigenvalue weighted by Crippen LogP contribution is 2.32. The highest BCUT2D eigenvalue weighted by molar-refractivity contribution is 7.92. The van der Waals surface area contributed by atoms with E-state index in [0.29, 0.717) is 36.0 Å². The molecule has 2 heterocycles. The lowest BCUT2D eigenvalue weighted by atomic mass is 10.1. The lowest BCUT2D eigenvalue weighted by molar-refractivity contribution is 0.0940. The molecule has 1 unspecified atom stereocenters. The summed E-state index contributed by atoms with van der Waals surface area (Å²) in [6.07, 6.45) is 0. The third-order valence-corrected chi connectivity index (χ3v) is 6.95. The molecule has 7 nitrogen and oxygen atoms in total. The van der Waals surface area contributed by atoms with Crippen LogP contribution in [0.1, 0.15) is 28.2 Å². The molecule has 1 aromatic heterocycles. The molecule has 3 aromatic rings. The first-order valence-electron chi connectivity index (χ1n) is 9.29. The maximum atomic E-state index is 12.8. The molecule has 4 rings (SSSR count). The number of nitrogens with one attached hydrogen (secondary N) is 2. The summed E-state index contributed by atoms with van der Waals surface area (Å²) in [5, 5.41) is 4.87. The van der Waals surface area contributed by atoms with Crippen LogP contribution in [0.5, 0.6) is 11.5 Å². The van der Waals surface area contributed by atoms with Gasteiger partial charge >= 0.3 is 0 Å². The number of rotatable bonds is 6. The van der Waals surface area contributed by atoms with Crippen LogP contribution in [0.3, 0.4) is 0 Å². The van der Waals surface area contributed by atoms with Gasteiger partial charge in [-0.05, 0) is 48.7 Å². The van der Waals surface area contributed by atoms with E-state index in [1.807, 2.05) is 24.4 Å². The maximum absolute atomic E-state index is 12.8. The normalized spacial score (nSPS) is 14.0. The van der Waals surface area contributed by atoms with E-state index in [1.54, 1.807) is 35.6 Å². The Hall–Kier alpha value is -3.04. The van der Waals surface area contributed by atoms with Crippen molar-refractivity contribution in [3.05, 3.63) is 70.4 Å². The summed E-state index contributed by atoms with van der Waals surface area (Å²) in [5.74, 6) is 0.620. The third-order valence-electron chi connectivity index (χ3n) is 4.52. The average Bonchev–Trinajstić information content (AvgIpc) is 3.28. The van der Waals surface area contributed by atoms with Gasteiger partial charge in [-0.3, -0.25) is 9.52 Å². The minimum atomic E-state index is -3.86. The molecule has 0 bridgehead atoms. The molecule has 0 saturated carbocycles. The second-order valence-corrected chi connectivity index (χ2v) is 9.36. The largest absolute Gasteiger partial charge is 0.486 e. The first-order valence-corrected chi connectivity index (χ1v) is 11.7. The molecule has 0 fully saturated rings. The van der Waals surface area contributed by atoms with Gasteiger partial charge in [0.05, 0.1) is 10.9 Å². The molecule has 1 aliphatic rings. The Labute approximate surface area is 178 Å². The summed E-state index contributed by atoms with van der Waals surface area (Å²) in [6, 6.07) is 14.6. The minimum Gasteiger partial charge on any atom is -0.486 e. The Balaban J connectivity index is 1.50. The summed E-state index contributed by atoms with van der Waals surface area (Å²) in [4.78, 5) is 13.7. The molecule has 156 valence electrons. The summed E-state index contributed by atoms with van der Waals surface area (Å²) in [5.41, 5.74) is 0.655. The molecular formula is C21H20N2O5S2. The second kappa shape index (κ2) is 8.37. The average molecular weight is 445 g/mol. The maximum Gasteiger partial charge on any atom is 0.262 e. The standard InChI is InChI=1S/C21H20N2O5S2/c1-14(20-6-3-11-29-20)22-21(24)15-4-2-5-16(12-15)23-30(25,26)17-7-8-18-19(13-17)28-10-9-27-18/h2-8,11-14,23H,9-10H2,1H3,(H,22,24). The monoisotopic (exact) mass is 444 g/mol. The van der Waals surface area contributed by atoms with Crippen molar-refractivity contribution in [1.82, 2.24) is 5.32 Å². The number of carbonyl (C=O) groups is 1. The van der Waals surface area contributed by atoms with E-state index in [0.717, 1.165) is 4.88 Å². The molecular weight excluding hydrogens is 424 g/mol. The first kappa shape index (κ1) is 20.2. The van der Waals surface area contributed by atoms with Gasteiger partial charge in [-0.25, -0.2) is 8.42 Å². The zero-order chi connectivity index (χ0) is 21.1. The third kappa shape index (κ3) is 4.42. The highest BCUT2D eigenvalue weighted by atomic mass is 32.2. The smallest absolute Gasteiger partial charge is 0.262 e. The minimum absolute atomic E-state index is 0.0490. The summed E-state index contributed by atoms with van der Waals surface area (Å²) < 4.78 is 39.0. The summed E-state index contributed by atoms with van der Waals surface area (Å²) in [6.45, 7) is 2.69. The van der Waals surface area contributed by atoms with Crippen molar-refractivity contribution in [2.24, 2.45) is 0 Å². The molecule has 9 heteroatoms. The highest BCUT2D eigenvalue weighted by Gasteiger charge is 2.20. The predicted molar refractivity (Wildman–Crippen MR) is 115 cm³/mol. The number of anilines is 1. The zero-order valence-corrected chi connectivity index (χ0v) is 17.8. The van der Waals surface area contributed by atoms with E-state index in [1.165, 1.54) is 18.2 Å². The Morgan fingerprint density at radius 1 is 1.03 bits per heavy atom. The van der Waals surface area contributed by atoms with Crippen molar-refractivity contribution in [3.63, 3.8) is 0 Å². The fourth-order valence-electron chi connectivity index (χ4n) is 3.02. The molecule has 0 saturated heterocycles. The van der Waals surface area contributed by atoms with Gasteiger partial charge in [0.1, 0.15) is 13.2 Å². The van der Waals surface area contributed by atoms with E-state index < -0.39 is 10.0 Å². The number of fused-ring (bicyclic) bond motifs is 1. The van der Waals surface area contributed by atoms with Crippen LogP contribution in [0, 0.1) is 0 Å². The SMILES string of the molecule is CC(NC(=O)c1cccc(NS(=O)(=O)c2ccc3c(c2)OCCO3)c1)c1cccs1. The Morgan fingerprint density at radius 2 is 1.83 bits per heavy atom. The molecule has 1 atom stereocenters. The van der Waals surface area contributed by atoms with E-state index >= 15 is 0 Å². The van der Waals surface area contributed by atoms with Crippen LogP contribution < -0.4 is 19.5 Å². The molecule has 2 N–H and O–H groups in total. The van der Waals surface area contributed by atoms with Gasteiger partial charge in [0.2, 0.25) is 0 Å². The molecule has 0 spiro atoms. The molecule has 1 amide bonds. The van der Waals surface area contributed by atoms with Crippen LogP contribution in [-0.4, -0.2) is 27.5 Å². The van der Waals surface area contributed by atoms with Gasteiger partial charge in [-0.15, -0.1) is 11.3 Å².